The molecule has 1 aliphatic heterocycles. The van der Waals surface area contributed by atoms with Crippen molar-refractivity contribution in [2.45, 2.75) is 63.2 Å². The van der Waals surface area contributed by atoms with Crippen LogP contribution in [0.1, 0.15) is 51.9 Å². The number of ether oxygens (including phenoxy) is 3. The molecule has 0 saturated carbocycles. The highest BCUT2D eigenvalue weighted by Crippen LogP contribution is 2.30. The summed E-state index contributed by atoms with van der Waals surface area (Å²) in [4.78, 5) is 34.9. The second-order valence-electron chi connectivity index (χ2n) is 8.23. The molecule has 0 aromatic rings. The lowest BCUT2D eigenvalue weighted by molar-refractivity contribution is -0.873. The molecule has 9 heteroatoms. The molecular formula is C20H36ClNO6S. The van der Waals surface area contributed by atoms with Crippen molar-refractivity contribution in [1.29, 1.82) is 0 Å². The van der Waals surface area contributed by atoms with Crippen LogP contribution in [-0.2, 0) is 28.6 Å². The van der Waals surface area contributed by atoms with Crippen molar-refractivity contribution in [1.82, 2.24) is 0 Å². The van der Waals surface area contributed by atoms with Gasteiger partial charge in [-0.3, -0.25) is 14.4 Å². The number of unbranched alkanes of at least 4 members (excludes halogenated alkanes) is 1. The molecular weight excluding hydrogens is 418 g/mol. The fourth-order valence-corrected chi connectivity index (χ4v) is 4.46. The summed E-state index contributed by atoms with van der Waals surface area (Å²) in [5, 5.41) is 0.767. The Bertz CT molecular complexity index is 506. The normalized spacial score (nSPS) is 17.2. The van der Waals surface area contributed by atoms with E-state index in [1.807, 2.05) is 32.9 Å². The van der Waals surface area contributed by atoms with Gasteiger partial charge in [-0.1, -0.05) is 6.42 Å². The minimum atomic E-state index is -0.536. The van der Waals surface area contributed by atoms with Gasteiger partial charge in [0.05, 0.1) is 27.6 Å². The lowest BCUT2D eigenvalue weighted by Crippen LogP contribution is -3.00. The molecule has 0 aromatic heterocycles. The zero-order valence-electron chi connectivity index (χ0n) is 18.1. The fourth-order valence-electron chi connectivity index (χ4n) is 3.13. The van der Waals surface area contributed by atoms with Crippen LogP contribution >= 0.6 is 11.8 Å². The van der Waals surface area contributed by atoms with Crippen molar-refractivity contribution < 1.29 is 45.5 Å². The van der Waals surface area contributed by atoms with Crippen molar-refractivity contribution in [3.05, 3.63) is 0 Å². The number of esters is 3. The van der Waals surface area contributed by atoms with Crippen LogP contribution in [0.2, 0.25) is 0 Å². The lowest BCUT2D eigenvalue weighted by atomic mass is 10.1. The minimum Gasteiger partial charge on any atom is -1.00 e. The van der Waals surface area contributed by atoms with E-state index >= 15 is 0 Å². The van der Waals surface area contributed by atoms with E-state index in [4.69, 9.17) is 14.2 Å². The average Bonchev–Trinajstić information content (AvgIpc) is 3.06. The van der Waals surface area contributed by atoms with Gasteiger partial charge in [-0.2, -0.15) is 11.8 Å². The van der Waals surface area contributed by atoms with Crippen LogP contribution < -0.4 is 12.4 Å². The fraction of sp³-hybridized carbons (Fsp3) is 0.850. The first-order valence-corrected chi connectivity index (χ1v) is 11.1. The molecule has 0 N–H and O–H groups in total. The molecule has 0 bridgehead atoms. The van der Waals surface area contributed by atoms with Crippen molar-refractivity contribution >= 4 is 29.7 Å². The van der Waals surface area contributed by atoms with Gasteiger partial charge < -0.3 is 31.1 Å². The second-order valence-corrected chi connectivity index (χ2v) is 9.64. The molecule has 0 amide bonds. The average molecular weight is 454 g/mol. The predicted molar refractivity (Wildman–Crippen MR) is 109 cm³/mol. The zero-order chi connectivity index (χ0) is 21.0. The van der Waals surface area contributed by atoms with Gasteiger partial charge in [-0.25, -0.2) is 0 Å². The van der Waals surface area contributed by atoms with Gasteiger partial charge >= 0.3 is 17.9 Å². The van der Waals surface area contributed by atoms with E-state index in [1.165, 1.54) is 31.9 Å². The lowest BCUT2D eigenvalue weighted by Gasteiger charge is -2.28. The molecule has 0 radical (unpaired) electrons. The second kappa shape index (κ2) is 14.9. The van der Waals surface area contributed by atoms with Crippen molar-refractivity contribution in [3.8, 4) is 0 Å². The van der Waals surface area contributed by atoms with Gasteiger partial charge in [0, 0.05) is 18.6 Å². The van der Waals surface area contributed by atoms with Crippen LogP contribution in [0.4, 0.5) is 0 Å². The Hall–Kier alpha value is -0.990. The largest absolute Gasteiger partial charge is 1.00 e. The molecule has 1 saturated heterocycles. The number of thioether (sulfide) groups is 1. The number of hydrogen-bond acceptors (Lipinski definition) is 7. The van der Waals surface area contributed by atoms with E-state index in [1.54, 1.807) is 0 Å². The third-order valence-corrected chi connectivity index (χ3v) is 5.74. The quantitative estimate of drug-likeness (QED) is 0.162. The summed E-state index contributed by atoms with van der Waals surface area (Å²) >= 11 is 2.04. The highest BCUT2D eigenvalue weighted by atomic mass is 35.5. The smallest absolute Gasteiger partial charge is 0.309 e. The molecule has 7 nitrogen and oxygen atoms in total. The molecule has 170 valence electrons. The number of halogens is 1. The SMILES string of the molecule is CC(=O)O[C@H](CC(=O)OCCOC(=O)CCCCC1CCCS1)C[N+](C)(C)C.[Cl-]. The van der Waals surface area contributed by atoms with Gasteiger partial charge in [0.2, 0.25) is 0 Å². The maximum Gasteiger partial charge on any atom is 0.309 e. The molecule has 1 aliphatic rings. The number of likely N-dealkylation sites (N-methyl/N-ethyl adjacent to an activating group) is 1. The van der Waals surface area contributed by atoms with Crippen LogP contribution in [0.3, 0.4) is 0 Å². The Morgan fingerprint density at radius 1 is 1.07 bits per heavy atom. The van der Waals surface area contributed by atoms with E-state index < -0.39 is 18.0 Å². The minimum absolute atomic E-state index is 0. The number of quaternary nitrogens is 1. The number of rotatable bonds is 13. The van der Waals surface area contributed by atoms with Crippen LogP contribution in [0.25, 0.3) is 0 Å². The molecule has 0 spiro atoms. The summed E-state index contributed by atoms with van der Waals surface area (Å²) in [6.07, 6.45) is 5.53. The maximum absolute atomic E-state index is 11.9. The molecule has 0 aliphatic carbocycles. The highest BCUT2D eigenvalue weighted by molar-refractivity contribution is 8.00. The van der Waals surface area contributed by atoms with Crippen molar-refractivity contribution in [3.63, 3.8) is 0 Å². The zero-order valence-corrected chi connectivity index (χ0v) is 19.7. The molecule has 2 atom stereocenters. The number of carbonyl (C=O) groups excluding carboxylic acids is 3. The molecule has 1 fully saturated rings. The maximum atomic E-state index is 11.9. The van der Waals surface area contributed by atoms with Crippen LogP contribution in [0, 0.1) is 0 Å². The Balaban J connectivity index is 0.00000784. The first kappa shape index (κ1) is 28.0. The van der Waals surface area contributed by atoms with E-state index in [0.29, 0.717) is 17.4 Å². The number of carbonyl (C=O) groups is 3. The standard InChI is InChI=1S/C20H36NO6S.ClH/c1-16(22)27-17(15-21(2,3)4)14-20(24)26-12-11-25-19(23)10-6-5-8-18-9-7-13-28-18;/h17-18H,5-15H2,1-4H3;1H/q+1;/p-1/t17-,18?;/m1./s1. The van der Waals surface area contributed by atoms with Gasteiger partial charge in [-0.15, -0.1) is 0 Å². The van der Waals surface area contributed by atoms with E-state index in [9.17, 15) is 14.4 Å². The topological polar surface area (TPSA) is 78.9 Å². The molecule has 1 heterocycles. The van der Waals surface area contributed by atoms with E-state index in [0.717, 1.165) is 18.1 Å². The van der Waals surface area contributed by atoms with Crippen LogP contribution in [0.5, 0.6) is 0 Å². The molecule has 1 unspecified atom stereocenters. The van der Waals surface area contributed by atoms with Crippen molar-refractivity contribution in [2.75, 3.05) is 46.7 Å². The summed E-state index contributed by atoms with van der Waals surface area (Å²) in [6.45, 7) is 1.89. The number of hydrogen-bond donors (Lipinski definition) is 0. The first-order valence-electron chi connectivity index (χ1n) is 10.1. The first-order chi connectivity index (χ1) is 13.2. The van der Waals surface area contributed by atoms with E-state index in [-0.39, 0.29) is 38.0 Å². The Kier molecular flexibility index (Phi) is 14.4. The molecule has 29 heavy (non-hydrogen) atoms. The molecule has 0 aromatic carbocycles. The summed E-state index contributed by atoms with van der Waals surface area (Å²) in [6, 6.07) is 0. The summed E-state index contributed by atoms with van der Waals surface area (Å²) in [5.74, 6) is 0.122. The monoisotopic (exact) mass is 453 g/mol. The Morgan fingerprint density at radius 2 is 1.72 bits per heavy atom. The van der Waals surface area contributed by atoms with Crippen LogP contribution in [0.15, 0.2) is 0 Å². The summed E-state index contributed by atoms with van der Waals surface area (Å²) < 4.78 is 15.9. The predicted octanol–water partition coefficient (Wildman–Crippen LogP) is -0.439. The van der Waals surface area contributed by atoms with E-state index in [2.05, 4.69) is 0 Å². The third kappa shape index (κ3) is 15.5. The van der Waals surface area contributed by atoms with Crippen molar-refractivity contribution in [2.24, 2.45) is 0 Å². The summed E-state index contributed by atoms with van der Waals surface area (Å²) in [5.41, 5.74) is 0. The van der Waals surface area contributed by atoms with Crippen LogP contribution in [-0.4, -0.2) is 80.4 Å². The summed E-state index contributed by atoms with van der Waals surface area (Å²) in [7, 11) is 5.86. The van der Waals surface area contributed by atoms with Gasteiger partial charge in [0.25, 0.3) is 0 Å². The molecule has 1 rings (SSSR count). The Morgan fingerprint density at radius 3 is 2.28 bits per heavy atom. The van der Waals surface area contributed by atoms with Gasteiger partial charge in [0.15, 0.2) is 6.10 Å². The highest BCUT2D eigenvalue weighted by Gasteiger charge is 2.24. The number of nitrogens with zero attached hydrogens (tertiary/aromatic N) is 1. The Labute approximate surface area is 185 Å². The van der Waals surface area contributed by atoms with Gasteiger partial charge in [-0.05, 0) is 31.4 Å². The van der Waals surface area contributed by atoms with Gasteiger partial charge in [0.1, 0.15) is 19.8 Å². The third-order valence-electron chi connectivity index (χ3n) is 4.27.